The van der Waals surface area contributed by atoms with Crippen molar-refractivity contribution in [2.75, 3.05) is 13.3 Å². The highest BCUT2D eigenvalue weighted by Gasteiger charge is 2.25. The van der Waals surface area contributed by atoms with Gasteiger partial charge in [0.1, 0.15) is 6.34 Å². The van der Waals surface area contributed by atoms with Gasteiger partial charge in [-0.05, 0) is 12.0 Å². The normalized spacial score (nSPS) is 17.7. The van der Waals surface area contributed by atoms with E-state index in [4.69, 9.17) is 10.5 Å². The second-order valence-corrected chi connectivity index (χ2v) is 5.02. The molecule has 0 amide bonds. The highest BCUT2D eigenvalue weighted by Crippen LogP contribution is 2.24. The number of nitrogens with zero attached hydrogens (tertiary/aromatic N) is 3. The van der Waals surface area contributed by atoms with E-state index < -0.39 is 0 Å². The van der Waals surface area contributed by atoms with E-state index in [0.29, 0.717) is 19.3 Å². The molecule has 0 aliphatic carbocycles. The van der Waals surface area contributed by atoms with Gasteiger partial charge in [-0.25, -0.2) is 4.99 Å². The van der Waals surface area contributed by atoms with Crippen molar-refractivity contribution in [3.63, 3.8) is 0 Å². The van der Waals surface area contributed by atoms with Gasteiger partial charge in [-0.3, -0.25) is 4.90 Å². The zero-order valence-electron chi connectivity index (χ0n) is 12.6. The van der Waals surface area contributed by atoms with Crippen LogP contribution in [0.3, 0.4) is 0 Å². The standard InChI is InChI=1S/C16H24N4O/c1-2-3-4-8-11-21-16-19-13-18-15(20(16)12-17)14-9-6-5-7-10-14/h5-7,9-10,13,15H,2-4,8,11-12,17H2,1H3. The molecule has 1 heterocycles. The molecule has 1 aromatic rings. The van der Waals surface area contributed by atoms with Crippen molar-refractivity contribution in [1.29, 1.82) is 0 Å². The molecular weight excluding hydrogens is 264 g/mol. The Morgan fingerprint density at radius 2 is 2.00 bits per heavy atom. The maximum atomic E-state index is 5.86. The van der Waals surface area contributed by atoms with Gasteiger partial charge in [-0.2, -0.15) is 4.99 Å². The minimum absolute atomic E-state index is 0.153. The smallest absolute Gasteiger partial charge is 0.296 e. The van der Waals surface area contributed by atoms with Crippen molar-refractivity contribution in [2.24, 2.45) is 15.7 Å². The van der Waals surface area contributed by atoms with Crippen LogP contribution >= 0.6 is 0 Å². The van der Waals surface area contributed by atoms with E-state index in [1.165, 1.54) is 19.3 Å². The number of hydrogen-bond acceptors (Lipinski definition) is 5. The molecule has 0 spiro atoms. The van der Waals surface area contributed by atoms with Crippen LogP contribution in [0.15, 0.2) is 40.3 Å². The van der Waals surface area contributed by atoms with Crippen LogP contribution in [-0.2, 0) is 4.74 Å². The monoisotopic (exact) mass is 288 g/mol. The topological polar surface area (TPSA) is 63.2 Å². The quantitative estimate of drug-likeness (QED) is 0.785. The van der Waals surface area contributed by atoms with E-state index in [2.05, 4.69) is 16.9 Å². The zero-order valence-corrected chi connectivity index (χ0v) is 12.6. The molecule has 1 aromatic carbocycles. The third-order valence-corrected chi connectivity index (χ3v) is 3.44. The molecule has 0 saturated carbocycles. The molecule has 1 aliphatic rings. The van der Waals surface area contributed by atoms with Gasteiger partial charge in [0.05, 0.1) is 13.3 Å². The van der Waals surface area contributed by atoms with Crippen LogP contribution in [0, 0.1) is 0 Å². The number of aliphatic imine (C=N–C) groups is 2. The summed E-state index contributed by atoms with van der Waals surface area (Å²) < 4.78 is 5.79. The maximum absolute atomic E-state index is 5.86. The van der Waals surface area contributed by atoms with Gasteiger partial charge in [0, 0.05) is 0 Å². The molecule has 5 heteroatoms. The Bertz CT molecular complexity index is 472. The van der Waals surface area contributed by atoms with Gasteiger partial charge >= 0.3 is 0 Å². The number of nitrogens with two attached hydrogens (primary N) is 1. The molecule has 2 N–H and O–H groups in total. The van der Waals surface area contributed by atoms with Crippen molar-refractivity contribution in [2.45, 2.75) is 38.8 Å². The van der Waals surface area contributed by atoms with Gasteiger partial charge in [-0.15, -0.1) is 0 Å². The summed E-state index contributed by atoms with van der Waals surface area (Å²) in [5, 5.41) is 0. The van der Waals surface area contributed by atoms with E-state index in [0.717, 1.165) is 12.0 Å². The fourth-order valence-corrected chi connectivity index (χ4v) is 2.29. The Hall–Kier alpha value is -1.88. The molecule has 1 aliphatic heterocycles. The molecule has 0 bridgehead atoms. The predicted octanol–water partition coefficient (Wildman–Crippen LogP) is 2.90. The van der Waals surface area contributed by atoms with Crippen molar-refractivity contribution in [1.82, 2.24) is 4.90 Å². The summed E-state index contributed by atoms with van der Waals surface area (Å²) in [5.74, 6) is 0. The molecule has 0 aromatic heterocycles. The lowest BCUT2D eigenvalue weighted by molar-refractivity contribution is 0.196. The van der Waals surface area contributed by atoms with E-state index in [1.54, 1.807) is 6.34 Å². The largest absolute Gasteiger partial charge is 0.465 e. The number of unbranched alkanes of at least 4 members (excludes halogenated alkanes) is 3. The van der Waals surface area contributed by atoms with E-state index in [1.807, 2.05) is 35.2 Å². The number of amidine groups is 1. The average molecular weight is 288 g/mol. The molecule has 0 saturated heterocycles. The minimum atomic E-state index is -0.153. The van der Waals surface area contributed by atoms with Crippen LogP contribution in [0.2, 0.25) is 0 Å². The van der Waals surface area contributed by atoms with E-state index >= 15 is 0 Å². The number of hydrogen-bond donors (Lipinski definition) is 1. The van der Waals surface area contributed by atoms with Gasteiger partial charge in [0.15, 0.2) is 6.17 Å². The summed E-state index contributed by atoms with van der Waals surface area (Å²) in [6.45, 7) is 3.19. The van der Waals surface area contributed by atoms with Crippen molar-refractivity contribution >= 4 is 12.4 Å². The van der Waals surface area contributed by atoms with Crippen molar-refractivity contribution < 1.29 is 4.74 Å². The van der Waals surface area contributed by atoms with Crippen LogP contribution in [0.25, 0.3) is 0 Å². The van der Waals surface area contributed by atoms with Crippen LogP contribution in [0.1, 0.15) is 44.3 Å². The van der Waals surface area contributed by atoms with Gasteiger partial charge in [-0.1, -0.05) is 56.5 Å². The number of ether oxygens (including phenoxy) is 1. The lowest BCUT2D eigenvalue weighted by atomic mass is 10.1. The third-order valence-electron chi connectivity index (χ3n) is 3.44. The van der Waals surface area contributed by atoms with Crippen LogP contribution in [-0.4, -0.2) is 30.5 Å². The summed E-state index contributed by atoms with van der Waals surface area (Å²) >= 11 is 0. The first-order valence-corrected chi connectivity index (χ1v) is 7.60. The zero-order chi connectivity index (χ0) is 14.9. The highest BCUT2D eigenvalue weighted by molar-refractivity contribution is 5.84. The minimum Gasteiger partial charge on any atom is -0.465 e. The summed E-state index contributed by atoms with van der Waals surface area (Å²) in [4.78, 5) is 10.5. The average Bonchev–Trinajstić information content (AvgIpc) is 2.55. The Morgan fingerprint density at radius 1 is 1.19 bits per heavy atom. The molecular formula is C16H24N4O. The van der Waals surface area contributed by atoms with Crippen LogP contribution in [0.4, 0.5) is 0 Å². The first-order valence-electron chi connectivity index (χ1n) is 7.60. The van der Waals surface area contributed by atoms with Gasteiger partial charge in [0.25, 0.3) is 6.02 Å². The second kappa shape index (κ2) is 8.42. The Morgan fingerprint density at radius 3 is 2.71 bits per heavy atom. The van der Waals surface area contributed by atoms with Crippen molar-refractivity contribution in [3.05, 3.63) is 35.9 Å². The van der Waals surface area contributed by atoms with E-state index in [9.17, 15) is 0 Å². The molecule has 1 unspecified atom stereocenters. The molecule has 1 atom stereocenters. The molecule has 0 radical (unpaired) electrons. The number of benzene rings is 1. The Labute approximate surface area is 126 Å². The van der Waals surface area contributed by atoms with Crippen molar-refractivity contribution in [3.8, 4) is 0 Å². The summed E-state index contributed by atoms with van der Waals surface area (Å²) in [5.41, 5.74) is 6.95. The van der Waals surface area contributed by atoms with E-state index in [-0.39, 0.29) is 6.17 Å². The number of rotatable bonds is 7. The molecule has 2 rings (SSSR count). The highest BCUT2D eigenvalue weighted by atomic mass is 16.5. The summed E-state index contributed by atoms with van der Waals surface area (Å²) in [7, 11) is 0. The van der Waals surface area contributed by atoms with Gasteiger partial charge in [0.2, 0.25) is 0 Å². The Balaban J connectivity index is 1.95. The molecule has 5 nitrogen and oxygen atoms in total. The van der Waals surface area contributed by atoms with Crippen LogP contribution in [0.5, 0.6) is 0 Å². The SMILES string of the molecule is CCCCCCOC1=NC=NC(c2ccccc2)N1CN. The first kappa shape index (κ1) is 15.5. The fraction of sp³-hybridized carbons (Fsp3) is 0.500. The molecule has 114 valence electrons. The van der Waals surface area contributed by atoms with Gasteiger partial charge < -0.3 is 10.5 Å². The van der Waals surface area contributed by atoms with Crippen LogP contribution < -0.4 is 5.73 Å². The molecule has 0 fully saturated rings. The first-order chi connectivity index (χ1) is 10.4. The fourth-order valence-electron chi connectivity index (χ4n) is 2.29. The molecule has 21 heavy (non-hydrogen) atoms. The lowest BCUT2D eigenvalue weighted by Crippen LogP contribution is -2.41. The maximum Gasteiger partial charge on any atom is 0.296 e. The summed E-state index contributed by atoms with van der Waals surface area (Å²) in [6, 6.07) is 10.6. The summed E-state index contributed by atoms with van der Waals surface area (Å²) in [6.07, 6.45) is 6.09. The lowest BCUT2D eigenvalue weighted by Gasteiger charge is -2.31. The third kappa shape index (κ3) is 4.29. The second-order valence-electron chi connectivity index (χ2n) is 5.02. The Kier molecular flexibility index (Phi) is 6.22. The predicted molar refractivity (Wildman–Crippen MR) is 86.1 cm³/mol.